The monoisotopic (exact) mass is 248 g/mol. The molecule has 0 fully saturated rings. The minimum absolute atomic E-state index is 0.0848. The zero-order valence-electron chi connectivity index (χ0n) is 8.79. The molecular weight excluding hydrogens is 238 g/mol. The molecule has 4 nitrogen and oxygen atoms in total. The molecule has 87 valence electrons. The van der Waals surface area contributed by atoms with Crippen LogP contribution in [-0.4, -0.2) is 13.5 Å². The fourth-order valence-corrected chi connectivity index (χ4v) is 2.72. The molecule has 2 aromatic rings. The third-order valence-corrected chi connectivity index (χ3v) is 4.08. The van der Waals surface area contributed by atoms with Gasteiger partial charge in [0.2, 0.25) is 9.84 Å². The van der Waals surface area contributed by atoms with Crippen molar-refractivity contribution in [2.45, 2.75) is 9.79 Å². The number of rotatable bonds is 2. The number of phenols is 1. The van der Waals surface area contributed by atoms with Crippen molar-refractivity contribution >= 4 is 15.5 Å². The van der Waals surface area contributed by atoms with Crippen molar-refractivity contribution in [1.82, 2.24) is 0 Å². The highest BCUT2D eigenvalue weighted by molar-refractivity contribution is 7.91. The Hall–Kier alpha value is -2.01. The summed E-state index contributed by atoms with van der Waals surface area (Å²) in [5.74, 6) is -0.385. The Kier molecular flexibility index (Phi) is 2.77. The van der Waals surface area contributed by atoms with Crippen molar-refractivity contribution in [3.05, 3.63) is 48.5 Å². The van der Waals surface area contributed by atoms with Crippen molar-refractivity contribution in [2.24, 2.45) is 0 Å². The molecule has 1 radical (unpaired) electrons. The summed E-state index contributed by atoms with van der Waals surface area (Å²) < 4.78 is 24.3. The fraction of sp³-hybridized carbons (Fsp3) is 0. The number of hydrogen-bond acceptors (Lipinski definition) is 4. The second-order valence-electron chi connectivity index (χ2n) is 3.46. The van der Waals surface area contributed by atoms with Gasteiger partial charge in [0.15, 0.2) is 0 Å². The molecule has 0 saturated heterocycles. The van der Waals surface area contributed by atoms with Gasteiger partial charge in [0.25, 0.3) is 0 Å². The minimum atomic E-state index is -3.72. The van der Waals surface area contributed by atoms with Gasteiger partial charge in [-0.15, -0.1) is 0 Å². The maximum Gasteiger partial charge on any atom is 0.210 e. The van der Waals surface area contributed by atoms with Crippen molar-refractivity contribution in [3.63, 3.8) is 0 Å². The molecule has 17 heavy (non-hydrogen) atoms. The summed E-state index contributed by atoms with van der Waals surface area (Å²) in [5, 5.41) is 9.50. The first-order chi connectivity index (χ1) is 8.01. The quantitative estimate of drug-likeness (QED) is 0.791. The standard InChI is InChI=1S/C12H10NO3S/c13-9-5-7-10(8-6-9)17(15,16)12-4-2-1-3-11(12)14/h1-2,4-8,14H,13H2. The summed E-state index contributed by atoms with van der Waals surface area (Å²) in [6, 6.07) is 12.5. The van der Waals surface area contributed by atoms with Gasteiger partial charge in [-0.25, -0.2) is 8.42 Å². The van der Waals surface area contributed by atoms with Gasteiger partial charge in [-0.2, -0.15) is 0 Å². The third-order valence-electron chi connectivity index (χ3n) is 2.28. The largest absolute Gasteiger partial charge is 0.506 e. The van der Waals surface area contributed by atoms with E-state index in [1.54, 1.807) is 0 Å². The molecule has 0 heterocycles. The van der Waals surface area contributed by atoms with E-state index in [0.717, 1.165) is 0 Å². The van der Waals surface area contributed by atoms with E-state index < -0.39 is 9.84 Å². The number of aromatic hydroxyl groups is 1. The van der Waals surface area contributed by atoms with Crippen molar-refractivity contribution in [2.75, 3.05) is 5.73 Å². The maximum absolute atomic E-state index is 12.1. The van der Waals surface area contributed by atoms with Crippen LogP contribution in [0.2, 0.25) is 0 Å². The molecule has 2 rings (SSSR count). The lowest BCUT2D eigenvalue weighted by atomic mass is 10.3. The molecule has 0 saturated carbocycles. The molecule has 0 amide bonds. The Morgan fingerprint density at radius 2 is 1.76 bits per heavy atom. The Morgan fingerprint density at radius 3 is 2.35 bits per heavy atom. The molecular formula is C12H10NO3S. The van der Waals surface area contributed by atoms with E-state index in [2.05, 4.69) is 6.07 Å². The molecule has 3 N–H and O–H groups in total. The normalized spacial score (nSPS) is 11.3. The molecule has 0 atom stereocenters. The smallest absolute Gasteiger partial charge is 0.210 e. The Labute approximate surface area is 99.2 Å². The van der Waals surface area contributed by atoms with Crippen LogP contribution < -0.4 is 5.73 Å². The van der Waals surface area contributed by atoms with E-state index in [-0.39, 0.29) is 15.5 Å². The summed E-state index contributed by atoms with van der Waals surface area (Å²) in [6.45, 7) is 0. The van der Waals surface area contributed by atoms with E-state index in [0.29, 0.717) is 5.69 Å². The number of nitrogens with two attached hydrogens (primary N) is 1. The topological polar surface area (TPSA) is 80.4 Å². The Bertz CT molecular complexity index is 633. The number of benzene rings is 2. The highest BCUT2D eigenvalue weighted by Crippen LogP contribution is 2.27. The van der Waals surface area contributed by atoms with Crippen LogP contribution in [0.4, 0.5) is 5.69 Å². The molecule has 0 aliphatic heterocycles. The fourth-order valence-electron chi connectivity index (χ4n) is 1.40. The average Bonchev–Trinajstić information content (AvgIpc) is 2.30. The molecule has 0 unspecified atom stereocenters. The lowest BCUT2D eigenvalue weighted by molar-refractivity contribution is 0.457. The second kappa shape index (κ2) is 4.10. The van der Waals surface area contributed by atoms with Gasteiger partial charge in [-0.3, -0.25) is 0 Å². The SMILES string of the molecule is Nc1ccc(S(=O)(=O)c2ccc[c]c2O)cc1. The van der Waals surface area contributed by atoms with Gasteiger partial charge in [0.1, 0.15) is 10.6 Å². The summed E-state index contributed by atoms with van der Waals surface area (Å²) in [6.07, 6.45) is 0. The van der Waals surface area contributed by atoms with Crippen LogP contribution >= 0.6 is 0 Å². The van der Waals surface area contributed by atoms with Crippen LogP contribution in [0.1, 0.15) is 0 Å². The number of phenolic OH excluding ortho intramolecular Hbond substituents is 1. The van der Waals surface area contributed by atoms with Crippen LogP contribution in [0.15, 0.2) is 52.3 Å². The highest BCUT2D eigenvalue weighted by Gasteiger charge is 2.20. The number of hydrogen-bond donors (Lipinski definition) is 2. The first kappa shape index (κ1) is 11.5. The van der Waals surface area contributed by atoms with E-state index in [1.807, 2.05) is 0 Å². The molecule has 0 aliphatic carbocycles. The molecule has 2 aromatic carbocycles. The number of para-hydroxylation sites is 1. The lowest BCUT2D eigenvalue weighted by Crippen LogP contribution is -2.02. The van der Waals surface area contributed by atoms with Crippen molar-refractivity contribution in [3.8, 4) is 5.75 Å². The van der Waals surface area contributed by atoms with Gasteiger partial charge in [-0.1, -0.05) is 12.1 Å². The first-order valence-electron chi connectivity index (χ1n) is 4.82. The van der Waals surface area contributed by atoms with Crippen molar-refractivity contribution in [1.29, 1.82) is 0 Å². The predicted molar refractivity (Wildman–Crippen MR) is 63.2 cm³/mol. The average molecular weight is 248 g/mol. The van der Waals surface area contributed by atoms with E-state index in [1.165, 1.54) is 42.5 Å². The number of sulfone groups is 1. The molecule has 0 aliphatic rings. The summed E-state index contributed by atoms with van der Waals surface area (Å²) >= 11 is 0. The maximum atomic E-state index is 12.1. The molecule has 0 aromatic heterocycles. The predicted octanol–water partition coefficient (Wildman–Crippen LogP) is 1.61. The Morgan fingerprint density at radius 1 is 1.12 bits per heavy atom. The number of nitrogen functional groups attached to an aromatic ring is 1. The van der Waals surface area contributed by atoms with Gasteiger partial charge in [0, 0.05) is 11.8 Å². The zero-order chi connectivity index (χ0) is 12.5. The first-order valence-corrected chi connectivity index (χ1v) is 6.30. The molecule has 5 heteroatoms. The third kappa shape index (κ3) is 2.09. The van der Waals surface area contributed by atoms with Gasteiger partial charge < -0.3 is 10.8 Å². The van der Waals surface area contributed by atoms with E-state index in [4.69, 9.17) is 5.73 Å². The Balaban J connectivity index is 2.58. The van der Waals surface area contributed by atoms with Crippen LogP contribution in [0.25, 0.3) is 0 Å². The summed E-state index contributed by atoms with van der Waals surface area (Å²) in [7, 11) is -3.72. The molecule has 0 bridgehead atoms. The number of anilines is 1. The lowest BCUT2D eigenvalue weighted by Gasteiger charge is -2.06. The van der Waals surface area contributed by atoms with Gasteiger partial charge >= 0.3 is 0 Å². The van der Waals surface area contributed by atoms with E-state index >= 15 is 0 Å². The van der Waals surface area contributed by atoms with Crippen LogP contribution in [-0.2, 0) is 9.84 Å². The van der Waals surface area contributed by atoms with Crippen LogP contribution in [0.3, 0.4) is 0 Å². The van der Waals surface area contributed by atoms with Gasteiger partial charge in [0.05, 0.1) is 4.90 Å². The molecule has 0 spiro atoms. The van der Waals surface area contributed by atoms with Crippen molar-refractivity contribution < 1.29 is 13.5 Å². The van der Waals surface area contributed by atoms with Crippen LogP contribution in [0.5, 0.6) is 5.75 Å². The highest BCUT2D eigenvalue weighted by atomic mass is 32.2. The zero-order valence-corrected chi connectivity index (χ0v) is 9.61. The minimum Gasteiger partial charge on any atom is -0.506 e. The van der Waals surface area contributed by atoms with Crippen LogP contribution in [0, 0.1) is 6.07 Å². The summed E-state index contributed by atoms with van der Waals surface area (Å²) in [4.78, 5) is -0.0774. The summed E-state index contributed by atoms with van der Waals surface area (Å²) in [5.41, 5.74) is 5.97. The van der Waals surface area contributed by atoms with E-state index in [9.17, 15) is 13.5 Å². The second-order valence-corrected chi connectivity index (χ2v) is 5.37. The van der Waals surface area contributed by atoms with Gasteiger partial charge in [-0.05, 0) is 30.3 Å².